The Hall–Kier alpha value is -2.67. The molecule has 1 N–H and O–H groups in total. The molecule has 112 valence electrons. The van der Waals surface area contributed by atoms with Crippen LogP contribution in [0.15, 0.2) is 41.1 Å². The first-order valence-corrected chi connectivity index (χ1v) is 6.82. The predicted molar refractivity (Wildman–Crippen MR) is 80.7 cm³/mol. The third-order valence-corrected chi connectivity index (χ3v) is 3.02. The molecule has 22 heavy (non-hydrogen) atoms. The second kappa shape index (κ2) is 6.40. The van der Waals surface area contributed by atoms with Gasteiger partial charge in [-0.25, -0.2) is 4.98 Å². The van der Waals surface area contributed by atoms with Crippen molar-refractivity contribution in [2.24, 2.45) is 0 Å². The highest BCUT2D eigenvalue weighted by atomic mass is 35.5. The summed E-state index contributed by atoms with van der Waals surface area (Å²) < 4.78 is 10.2. The monoisotopic (exact) mass is 317 g/mol. The zero-order valence-corrected chi connectivity index (χ0v) is 12.4. The largest absolute Gasteiger partial charge is 0.481 e. The molecule has 3 aromatic rings. The summed E-state index contributed by atoms with van der Waals surface area (Å²) >= 11 is 5.94. The highest BCUT2D eigenvalue weighted by molar-refractivity contribution is 6.30. The van der Waals surface area contributed by atoms with Gasteiger partial charge in [-0.1, -0.05) is 28.9 Å². The normalized spacial score (nSPS) is 10.5. The number of benzene rings is 1. The zero-order chi connectivity index (χ0) is 15.4. The summed E-state index contributed by atoms with van der Waals surface area (Å²) in [5.74, 6) is 1.79. The predicted octanol–water partition coefficient (Wildman–Crippen LogP) is 2.80. The Balaban J connectivity index is 1.69. The van der Waals surface area contributed by atoms with Crippen LogP contribution in [0.1, 0.15) is 5.89 Å². The van der Waals surface area contributed by atoms with Gasteiger partial charge in [0.15, 0.2) is 0 Å². The summed E-state index contributed by atoms with van der Waals surface area (Å²) in [6, 6.07) is 8.91. The molecule has 0 unspecified atom stereocenters. The fraction of sp³-hybridized carbons (Fsp3) is 0.143. The van der Waals surface area contributed by atoms with Crippen LogP contribution in [-0.2, 0) is 6.54 Å². The van der Waals surface area contributed by atoms with Crippen LogP contribution in [0, 0.1) is 0 Å². The number of aromatic nitrogens is 4. The molecule has 0 aliphatic heterocycles. The Morgan fingerprint density at radius 3 is 3.00 bits per heavy atom. The van der Waals surface area contributed by atoms with Gasteiger partial charge in [0, 0.05) is 22.8 Å². The van der Waals surface area contributed by atoms with E-state index in [-0.39, 0.29) is 0 Å². The van der Waals surface area contributed by atoms with E-state index in [1.165, 1.54) is 0 Å². The van der Waals surface area contributed by atoms with Crippen molar-refractivity contribution in [2.75, 3.05) is 12.4 Å². The van der Waals surface area contributed by atoms with E-state index in [1.807, 2.05) is 12.1 Å². The number of ether oxygens (including phenoxy) is 1. The zero-order valence-electron chi connectivity index (χ0n) is 11.7. The van der Waals surface area contributed by atoms with Crippen molar-refractivity contribution in [1.82, 2.24) is 20.1 Å². The first-order chi connectivity index (χ1) is 10.7. The van der Waals surface area contributed by atoms with Crippen molar-refractivity contribution in [2.45, 2.75) is 6.54 Å². The Morgan fingerprint density at radius 1 is 1.27 bits per heavy atom. The lowest BCUT2D eigenvalue weighted by molar-refractivity contribution is 0.383. The molecule has 0 bridgehead atoms. The van der Waals surface area contributed by atoms with E-state index < -0.39 is 0 Å². The summed E-state index contributed by atoms with van der Waals surface area (Å²) in [7, 11) is 1.54. The molecule has 3 rings (SSSR count). The summed E-state index contributed by atoms with van der Waals surface area (Å²) in [5, 5.41) is 7.53. The molecule has 0 fully saturated rings. The third-order valence-electron chi connectivity index (χ3n) is 2.79. The number of methoxy groups -OCH3 is 1. The number of anilines is 1. The molecule has 0 aliphatic carbocycles. The van der Waals surface area contributed by atoms with Crippen LogP contribution in [0.3, 0.4) is 0 Å². The lowest BCUT2D eigenvalue weighted by atomic mass is 10.2. The van der Waals surface area contributed by atoms with E-state index in [0.717, 1.165) is 5.56 Å². The van der Waals surface area contributed by atoms with Crippen LogP contribution in [0.2, 0.25) is 5.02 Å². The van der Waals surface area contributed by atoms with Crippen molar-refractivity contribution in [3.8, 4) is 17.3 Å². The van der Waals surface area contributed by atoms with Crippen LogP contribution in [0.4, 0.5) is 5.95 Å². The third kappa shape index (κ3) is 3.32. The van der Waals surface area contributed by atoms with Gasteiger partial charge in [0.1, 0.15) is 0 Å². The Bertz CT molecular complexity index is 777. The molecule has 1 aromatic carbocycles. The molecule has 0 saturated carbocycles. The van der Waals surface area contributed by atoms with Crippen LogP contribution in [0.25, 0.3) is 11.4 Å². The summed E-state index contributed by atoms with van der Waals surface area (Å²) in [6.07, 6.45) is 1.60. The van der Waals surface area contributed by atoms with Crippen LogP contribution in [-0.4, -0.2) is 27.2 Å². The van der Waals surface area contributed by atoms with E-state index in [0.29, 0.717) is 35.1 Å². The molecule has 0 aliphatic rings. The number of rotatable bonds is 5. The lowest BCUT2D eigenvalue weighted by Crippen LogP contribution is -2.04. The van der Waals surface area contributed by atoms with Crippen molar-refractivity contribution >= 4 is 17.5 Å². The van der Waals surface area contributed by atoms with Gasteiger partial charge in [0.25, 0.3) is 0 Å². The smallest absolute Gasteiger partial charge is 0.246 e. The molecule has 7 nitrogen and oxygen atoms in total. The highest BCUT2D eigenvalue weighted by Crippen LogP contribution is 2.20. The van der Waals surface area contributed by atoms with Crippen LogP contribution in [0.5, 0.6) is 5.88 Å². The average molecular weight is 318 g/mol. The maximum atomic E-state index is 5.94. The van der Waals surface area contributed by atoms with E-state index in [1.54, 1.807) is 31.5 Å². The second-order valence-electron chi connectivity index (χ2n) is 4.30. The van der Waals surface area contributed by atoms with Crippen molar-refractivity contribution in [3.05, 3.63) is 47.4 Å². The van der Waals surface area contributed by atoms with E-state index in [9.17, 15) is 0 Å². The van der Waals surface area contributed by atoms with Crippen molar-refractivity contribution < 1.29 is 9.26 Å². The first kappa shape index (κ1) is 14.3. The van der Waals surface area contributed by atoms with Crippen molar-refractivity contribution in [3.63, 3.8) is 0 Å². The van der Waals surface area contributed by atoms with Crippen molar-refractivity contribution in [1.29, 1.82) is 0 Å². The molecule has 2 aromatic heterocycles. The van der Waals surface area contributed by atoms with E-state index in [4.69, 9.17) is 20.9 Å². The summed E-state index contributed by atoms with van der Waals surface area (Å²) in [4.78, 5) is 12.5. The van der Waals surface area contributed by atoms with E-state index >= 15 is 0 Å². The van der Waals surface area contributed by atoms with Gasteiger partial charge in [-0.15, -0.1) is 0 Å². The first-order valence-electron chi connectivity index (χ1n) is 6.44. The topological polar surface area (TPSA) is 86.0 Å². The van der Waals surface area contributed by atoms with Gasteiger partial charge in [-0.05, 0) is 12.1 Å². The number of hydrogen-bond donors (Lipinski definition) is 1. The molecular weight excluding hydrogens is 306 g/mol. The average Bonchev–Trinajstić information content (AvgIpc) is 3.02. The Morgan fingerprint density at radius 2 is 2.18 bits per heavy atom. The molecule has 0 amide bonds. The fourth-order valence-corrected chi connectivity index (χ4v) is 1.96. The molecule has 8 heteroatoms. The minimum absolute atomic E-state index is 0.306. The Labute approximate surface area is 131 Å². The number of nitrogens with zero attached hydrogens (tertiary/aromatic N) is 4. The van der Waals surface area contributed by atoms with Gasteiger partial charge >= 0.3 is 0 Å². The molecule has 0 atom stereocenters. The second-order valence-corrected chi connectivity index (χ2v) is 4.73. The van der Waals surface area contributed by atoms with E-state index in [2.05, 4.69) is 25.4 Å². The molecule has 0 radical (unpaired) electrons. The number of hydrogen-bond acceptors (Lipinski definition) is 7. The number of nitrogens with one attached hydrogen (secondary N) is 1. The fourth-order valence-electron chi connectivity index (χ4n) is 1.77. The summed E-state index contributed by atoms with van der Waals surface area (Å²) in [6.45, 7) is 0.306. The van der Waals surface area contributed by atoms with Gasteiger partial charge < -0.3 is 14.6 Å². The van der Waals surface area contributed by atoms with Crippen LogP contribution >= 0.6 is 11.6 Å². The van der Waals surface area contributed by atoms with Gasteiger partial charge in [-0.3, -0.25) is 0 Å². The minimum Gasteiger partial charge on any atom is -0.481 e. The lowest BCUT2D eigenvalue weighted by Gasteiger charge is -2.02. The molecule has 0 spiro atoms. The van der Waals surface area contributed by atoms with Gasteiger partial charge in [0.05, 0.1) is 13.7 Å². The number of halogens is 1. The van der Waals surface area contributed by atoms with Gasteiger partial charge in [0.2, 0.25) is 23.5 Å². The maximum Gasteiger partial charge on any atom is 0.246 e. The minimum atomic E-state index is 0.306. The molecule has 0 saturated heterocycles. The molecular formula is C14H12ClN5O2. The SMILES string of the molecule is COc1ccnc(NCc2nc(-c3cccc(Cl)c3)no2)n1. The highest BCUT2D eigenvalue weighted by Gasteiger charge is 2.09. The maximum absolute atomic E-state index is 5.94. The van der Waals surface area contributed by atoms with Crippen LogP contribution < -0.4 is 10.1 Å². The molecule has 2 heterocycles. The summed E-state index contributed by atoms with van der Waals surface area (Å²) in [5.41, 5.74) is 0.792. The quantitative estimate of drug-likeness (QED) is 0.774. The standard InChI is InChI=1S/C14H12ClN5O2/c1-21-11-5-6-16-14(19-11)17-8-12-18-13(20-22-12)9-3-2-4-10(15)7-9/h2-7H,8H2,1H3,(H,16,17,19). The Kier molecular flexibility index (Phi) is 4.15. The van der Waals surface area contributed by atoms with Gasteiger partial charge in [-0.2, -0.15) is 9.97 Å².